The van der Waals surface area contributed by atoms with Crippen molar-refractivity contribution in [3.8, 4) is 0 Å². The van der Waals surface area contributed by atoms with Gasteiger partial charge in [-0.1, -0.05) is 24.3 Å². The molecule has 0 amide bonds. The van der Waals surface area contributed by atoms with Gasteiger partial charge in [0, 0.05) is 44.3 Å². The molecule has 1 aromatic carbocycles. The van der Waals surface area contributed by atoms with Gasteiger partial charge in [-0.05, 0) is 68.5 Å². The predicted octanol–water partition coefficient (Wildman–Crippen LogP) is 4.48. The number of anilines is 1. The van der Waals surface area contributed by atoms with Crippen molar-refractivity contribution in [2.45, 2.75) is 45.7 Å². The third-order valence-electron chi connectivity index (χ3n) is 5.87. The van der Waals surface area contributed by atoms with E-state index in [0.29, 0.717) is 6.04 Å². The summed E-state index contributed by atoms with van der Waals surface area (Å²) in [6.45, 7) is 6.24. The second-order valence-electron chi connectivity index (χ2n) is 8.56. The normalized spacial score (nSPS) is 16.7. The van der Waals surface area contributed by atoms with Gasteiger partial charge in [0.1, 0.15) is 0 Å². The van der Waals surface area contributed by atoms with Crippen molar-refractivity contribution >= 4 is 5.95 Å². The van der Waals surface area contributed by atoms with Gasteiger partial charge in [-0.2, -0.15) is 0 Å². The van der Waals surface area contributed by atoms with Crippen LogP contribution in [-0.2, 0) is 13.0 Å². The van der Waals surface area contributed by atoms with Crippen molar-refractivity contribution in [3.63, 3.8) is 0 Å². The maximum atomic E-state index is 4.93. The molecule has 1 fully saturated rings. The molecule has 5 heteroatoms. The number of benzene rings is 1. The first kappa shape index (κ1) is 20.5. The third kappa shape index (κ3) is 4.68. The zero-order valence-electron chi connectivity index (χ0n) is 18.5. The number of aromatic nitrogens is 3. The standard InChI is InChI=1S/C25H31N5/c1-18-8-5-6-9-22(18)13-20-12-19(2)28-23(14-20)24-10-7-11-30(24)17-21-15-26-25(27-16-21)29(3)4/h5-6,8-9,12,14-16,24H,7,10-11,13,17H2,1-4H3. The highest BCUT2D eigenvalue weighted by molar-refractivity contribution is 5.34. The molecule has 0 radical (unpaired) electrons. The minimum absolute atomic E-state index is 0.356. The zero-order valence-corrected chi connectivity index (χ0v) is 18.5. The first-order chi connectivity index (χ1) is 14.5. The number of nitrogens with zero attached hydrogens (tertiary/aromatic N) is 5. The van der Waals surface area contributed by atoms with E-state index >= 15 is 0 Å². The van der Waals surface area contributed by atoms with E-state index in [2.05, 4.69) is 65.1 Å². The van der Waals surface area contributed by atoms with Crippen LogP contribution < -0.4 is 4.90 Å². The summed E-state index contributed by atoms with van der Waals surface area (Å²) in [7, 11) is 3.92. The SMILES string of the molecule is Cc1cc(Cc2ccccc2C)cc(C2CCCN2Cc2cnc(N(C)C)nc2)n1. The van der Waals surface area contributed by atoms with Crippen LogP contribution in [0.4, 0.5) is 5.95 Å². The van der Waals surface area contributed by atoms with Gasteiger partial charge >= 0.3 is 0 Å². The van der Waals surface area contributed by atoms with Gasteiger partial charge in [0.25, 0.3) is 0 Å². The van der Waals surface area contributed by atoms with Crippen molar-refractivity contribution in [3.05, 3.63) is 82.4 Å². The lowest BCUT2D eigenvalue weighted by molar-refractivity contribution is 0.243. The molecule has 5 nitrogen and oxygen atoms in total. The number of hydrogen-bond donors (Lipinski definition) is 0. The minimum Gasteiger partial charge on any atom is -0.347 e. The fourth-order valence-corrected chi connectivity index (χ4v) is 4.31. The topological polar surface area (TPSA) is 45.2 Å². The van der Waals surface area contributed by atoms with Crippen LogP contribution in [0.15, 0.2) is 48.8 Å². The fourth-order valence-electron chi connectivity index (χ4n) is 4.31. The second kappa shape index (κ2) is 8.92. The Morgan fingerprint density at radius 1 is 1.03 bits per heavy atom. The minimum atomic E-state index is 0.356. The van der Waals surface area contributed by atoms with Gasteiger partial charge in [-0.3, -0.25) is 9.88 Å². The first-order valence-corrected chi connectivity index (χ1v) is 10.7. The molecule has 0 aliphatic carbocycles. The van der Waals surface area contributed by atoms with E-state index in [1.54, 1.807) is 0 Å². The molecular weight excluding hydrogens is 370 g/mol. The first-order valence-electron chi connectivity index (χ1n) is 10.7. The summed E-state index contributed by atoms with van der Waals surface area (Å²) in [6.07, 6.45) is 7.20. The average Bonchev–Trinajstić information content (AvgIpc) is 3.18. The molecule has 0 spiro atoms. The molecule has 30 heavy (non-hydrogen) atoms. The van der Waals surface area contributed by atoms with E-state index < -0.39 is 0 Å². The van der Waals surface area contributed by atoms with E-state index in [0.717, 1.165) is 43.1 Å². The third-order valence-corrected chi connectivity index (χ3v) is 5.87. The van der Waals surface area contributed by atoms with Gasteiger partial charge in [-0.25, -0.2) is 9.97 Å². The van der Waals surface area contributed by atoms with E-state index in [1.807, 2.05) is 31.4 Å². The van der Waals surface area contributed by atoms with Crippen molar-refractivity contribution < 1.29 is 0 Å². The highest BCUT2D eigenvalue weighted by Gasteiger charge is 2.27. The molecule has 1 aliphatic heterocycles. The molecule has 2 aromatic heterocycles. The van der Waals surface area contributed by atoms with Crippen LogP contribution in [0, 0.1) is 13.8 Å². The predicted molar refractivity (Wildman–Crippen MR) is 122 cm³/mol. The van der Waals surface area contributed by atoms with Crippen molar-refractivity contribution in [2.24, 2.45) is 0 Å². The summed E-state index contributed by atoms with van der Waals surface area (Å²) in [5.41, 5.74) is 7.52. The fraction of sp³-hybridized carbons (Fsp3) is 0.400. The van der Waals surface area contributed by atoms with E-state index in [9.17, 15) is 0 Å². The molecule has 0 saturated carbocycles. The van der Waals surface area contributed by atoms with Crippen LogP contribution in [-0.4, -0.2) is 40.5 Å². The van der Waals surface area contributed by atoms with Crippen LogP contribution >= 0.6 is 0 Å². The lowest BCUT2D eigenvalue weighted by Crippen LogP contribution is -2.24. The summed E-state index contributed by atoms with van der Waals surface area (Å²) >= 11 is 0. The largest absolute Gasteiger partial charge is 0.347 e. The zero-order chi connectivity index (χ0) is 21.1. The van der Waals surface area contributed by atoms with E-state index in [4.69, 9.17) is 4.98 Å². The summed E-state index contributed by atoms with van der Waals surface area (Å²) in [6, 6.07) is 13.5. The Hall–Kier alpha value is -2.79. The van der Waals surface area contributed by atoms with Crippen molar-refractivity contribution in [1.29, 1.82) is 0 Å². The van der Waals surface area contributed by atoms with Crippen molar-refractivity contribution in [1.82, 2.24) is 19.9 Å². The summed E-state index contributed by atoms with van der Waals surface area (Å²) in [4.78, 5) is 18.3. The highest BCUT2D eigenvalue weighted by atomic mass is 15.2. The van der Waals surface area contributed by atoms with Gasteiger partial charge in [0.15, 0.2) is 0 Å². The van der Waals surface area contributed by atoms with Crippen LogP contribution in [0.5, 0.6) is 0 Å². The summed E-state index contributed by atoms with van der Waals surface area (Å²) in [5.74, 6) is 0.748. The van der Waals surface area contributed by atoms with Gasteiger partial charge in [-0.15, -0.1) is 0 Å². The molecule has 3 heterocycles. The molecule has 1 unspecified atom stereocenters. The Bertz CT molecular complexity index is 997. The summed E-state index contributed by atoms with van der Waals surface area (Å²) < 4.78 is 0. The van der Waals surface area contributed by atoms with Gasteiger partial charge in [0.05, 0.1) is 11.7 Å². The van der Waals surface area contributed by atoms with Crippen molar-refractivity contribution in [2.75, 3.05) is 25.5 Å². The smallest absolute Gasteiger partial charge is 0.224 e. The Morgan fingerprint density at radius 2 is 1.80 bits per heavy atom. The van der Waals surface area contributed by atoms with Gasteiger partial charge < -0.3 is 4.90 Å². The Morgan fingerprint density at radius 3 is 2.53 bits per heavy atom. The Labute approximate surface area is 179 Å². The maximum absolute atomic E-state index is 4.93. The molecular formula is C25H31N5. The van der Waals surface area contributed by atoms with E-state index in [-0.39, 0.29) is 0 Å². The van der Waals surface area contributed by atoms with Crippen LogP contribution in [0.3, 0.4) is 0 Å². The summed E-state index contributed by atoms with van der Waals surface area (Å²) in [5, 5.41) is 0. The lowest BCUT2D eigenvalue weighted by Gasteiger charge is -2.25. The quantitative estimate of drug-likeness (QED) is 0.609. The van der Waals surface area contributed by atoms with E-state index in [1.165, 1.54) is 28.8 Å². The second-order valence-corrected chi connectivity index (χ2v) is 8.56. The molecule has 156 valence electrons. The van der Waals surface area contributed by atoms with Gasteiger partial charge in [0.2, 0.25) is 5.95 Å². The molecule has 3 aromatic rings. The lowest BCUT2D eigenvalue weighted by atomic mass is 9.98. The molecule has 1 atom stereocenters. The number of aryl methyl sites for hydroxylation is 2. The molecule has 4 rings (SSSR count). The molecule has 1 saturated heterocycles. The molecule has 1 aliphatic rings. The maximum Gasteiger partial charge on any atom is 0.224 e. The average molecular weight is 402 g/mol. The van der Waals surface area contributed by atoms with Crippen LogP contribution in [0.1, 0.15) is 52.5 Å². The highest BCUT2D eigenvalue weighted by Crippen LogP contribution is 2.33. The molecule has 0 N–H and O–H groups in total. The number of likely N-dealkylation sites (tertiary alicyclic amines) is 1. The Balaban J connectivity index is 1.53. The number of hydrogen-bond acceptors (Lipinski definition) is 5. The number of pyridine rings is 1. The monoisotopic (exact) mass is 401 g/mol. The number of rotatable bonds is 6. The molecule has 0 bridgehead atoms. The Kier molecular flexibility index (Phi) is 6.09. The van der Waals surface area contributed by atoms with Crippen LogP contribution in [0.25, 0.3) is 0 Å². The van der Waals surface area contributed by atoms with Crippen LogP contribution in [0.2, 0.25) is 0 Å².